The number of nitrogens with one attached hydrogen (secondary N) is 1. The van der Waals surface area contributed by atoms with Gasteiger partial charge >= 0.3 is 0 Å². The number of nitrogens with zero attached hydrogens (tertiary/aromatic N) is 4. The Hall–Kier alpha value is -2.95. The van der Waals surface area contributed by atoms with Gasteiger partial charge in [-0.2, -0.15) is 15.8 Å². The predicted molar refractivity (Wildman–Crippen MR) is 92.5 cm³/mol. The molecule has 1 saturated carbocycles. The van der Waals surface area contributed by atoms with Crippen LogP contribution in [0.2, 0.25) is 0 Å². The molecule has 0 aromatic carbocycles. The van der Waals surface area contributed by atoms with E-state index in [1.807, 2.05) is 0 Å². The second-order valence-corrected chi connectivity index (χ2v) is 7.48. The molecule has 4 rings (SSSR count). The van der Waals surface area contributed by atoms with Crippen LogP contribution >= 0.6 is 0 Å². The second kappa shape index (κ2) is 6.05. The van der Waals surface area contributed by atoms with E-state index >= 15 is 0 Å². The molecule has 2 saturated heterocycles. The Morgan fingerprint density at radius 3 is 2.41 bits per heavy atom. The third-order valence-electron chi connectivity index (χ3n) is 6.33. The summed E-state index contributed by atoms with van der Waals surface area (Å²) in [5.41, 5.74) is -2.93. The van der Waals surface area contributed by atoms with Gasteiger partial charge in [0, 0.05) is 18.8 Å². The van der Waals surface area contributed by atoms with Crippen LogP contribution in [0.3, 0.4) is 0 Å². The molecule has 0 amide bonds. The number of ether oxygens (including phenoxy) is 2. The van der Waals surface area contributed by atoms with Crippen LogP contribution in [0.5, 0.6) is 0 Å². The Morgan fingerprint density at radius 2 is 1.74 bits per heavy atom. The van der Waals surface area contributed by atoms with Crippen molar-refractivity contribution < 1.29 is 9.47 Å². The number of aromatic nitrogens is 1. The summed E-state index contributed by atoms with van der Waals surface area (Å²) in [5.74, 6) is -1.96. The first-order valence-electron chi connectivity index (χ1n) is 9.20. The normalized spacial score (nSPS) is 36.7. The summed E-state index contributed by atoms with van der Waals surface area (Å²) in [7, 11) is 0. The first-order chi connectivity index (χ1) is 13.1. The van der Waals surface area contributed by atoms with E-state index in [1.165, 1.54) is 0 Å². The van der Waals surface area contributed by atoms with Crippen molar-refractivity contribution in [1.82, 2.24) is 4.98 Å². The van der Waals surface area contributed by atoms with E-state index in [-0.39, 0.29) is 5.90 Å². The standard InChI is InChI=1S/C20H19N5O2/c21-11-18(12-22)16(14-6-9-25-10-7-14)26-20-8-4-2-1-3-5-15(20)19(18,13-23)17(24)27-20/h6-7,9-10,15-16,24H,1-5,8H2. The van der Waals surface area contributed by atoms with Gasteiger partial charge in [0.25, 0.3) is 0 Å². The zero-order valence-corrected chi connectivity index (χ0v) is 14.8. The van der Waals surface area contributed by atoms with Gasteiger partial charge in [-0.15, -0.1) is 0 Å². The molecule has 7 heteroatoms. The third-order valence-corrected chi connectivity index (χ3v) is 6.33. The van der Waals surface area contributed by atoms with Gasteiger partial charge in [-0.05, 0) is 30.5 Å². The van der Waals surface area contributed by atoms with Crippen LogP contribution in [0.4, 0.5) is 0 Å². The van der Waals surface area contributed by atoms with Crippen molar-refractivity contribution in [3.05, 3.63) is 30.1 Å². The minimum absolute atomic E-state index is 0.309. The summed E-state index contributed by atoms with van der Waals surface area (Å²) >= 11 is 0. The lowest BCUT2D eigenvalue weighted by molar-refractivity contribution is -0.289. The minimum atomic E-state index is -1.87. The van der Waals surface area contributed by atoms with Gasteiger partial charge in [0.2, 0.25) is 17.1 Å². The van der Waals surface area contributed by atoms with Crippen LogP contribution in [-0.4, -0.2) is 16.7 Å². The van der Waals surface area contributed by atoms with Crippen LogP contribution in [0, 0.1) is 56.2 Å². The summed E-state index contributed by atoms with van der Waals surface area (Å²) in [6.07, 6.45) is 7.00. The maximum atomic E-state index is 10.3. The maximum absolute atomic E-state index is 10.3. The molecule has 0 spiro atoms. The van der Waals surface area contributed by atoms with Gasteiger partial charge in [0.15, 0.2) is 5.41 Å². The van der Waals surface area contributed by atoms with Gasteiger partial charge in [0.05, 0.1) is 24.1 Å². The smallest absolute Gasteiger partial charge is 0.217 e. The Morgan fingerprint density at radius 1 is 1.04 bits per heavy atom. The minimum Gasteiger partial charge on any atom is -0.447 e. The van der Waals surface area contributed by atoms with Gasteiger partial charge in [-0.1, -0.05) is 19.3 Å². The van der Waals surface area contributed by atoms with Crippen molar-refractivity contribution in [2.75, 3.05) is 0 Å². The van der Waals surface area contributed by atoms with E-state index in [0.717, 1.165) is 25.7 Å². The summed E-state index contributed by atoms with van der Waals surface area (Å²) in [6, 6.07) is 9.73. The molecule has 3 aliphatic rings. The van der Waals surface area contributed by atoms with Crippen LogP contribution in [0.1, 0.15) is 50.2 Å². The molecule has 1 aromatic rings. The molecule has 1 N–H and O–H groups in total. The summed E-state index contributed by atoms with van der Waals surface area (Å²) < 4.78 is 12.3. The lowest BCUT2D eigenvalue weighted by atomic mass is 9.52. The Bertz CT molecular complexity index is 882. The zero-order valence-electron chi connectivity index (χ0n) is 14.8. The number of hydrogen-bond acceptors (Lipinski definition) is 7. The molecule has 3 fully saturated rings. The quantitative estimate of drug-likeness (QED) is 0.817. The molecule has 136 valence electrons. The van der Waals surface area contributed by atoms with Crippen LogP contribution < -0.4 is 0 Å². The Labute approximate surface area is 157 Å². The molecule has 2 bridgehead atoms. The molecule has 2 aliphatic heterocycles. The number of nitriles is 3. The molecule has 4 unspecified atom stereocenters. The Balaban J connectivity index is 1.99. The van der Waals surface area contributed by atoms with Crippen molar-refractivity contribution in [2.45, 2.75) is 50.4 Å². The highest BCUT2D eigenvalue weighted by Gasteiger charge is 2.79. The maximum Gasteiger partial charge on any atom is 0.217 e. The molecule has 1 aliphatic carbocycles. The van der Waals surface area contributed by atoms with Crippen LogP contribution in [-0.2, 0) is 9.47 Å². The van der Waals surface area contributed by atoms with E-state index in [1.54, 1.807) is 24.5 Å². The van der Waals surface area contributed by atoms with E-state index in [4.69, 9.17) is 14.9 Å². The van der Waals surface area contributed by atoms with E-state index in [2.05, 4.69) is 23.2 Å². The lowest BCUT2D eigenvalue weighted by Gasteiger charge is -2.50. The molecular formula is C20H19N5O2. The average molecular weight is 361 g/mol. The zero-order chi connectivity index (χ0) is 19.1. The third kappa shape index (κ3) is 2.02. The molecule has 4 atom stereocenters. The van der Waals surface area contributed by atoms with Crippen molar-refractivity contribution in [1.29, 1.82) is 21.2 Å². The number of pyridine rings is 1. The second-order valence-electron chi connectivity index (χ2n) is 7.48. The van der Waals surface area contributed by atoms with Crippen molar-refractivity contribution in [3.63, 3.8) is 0 Å². The number of hydrogen-bond donors (Lipinski definition) is 1. The van der Waals surface area contributed by atoms with Crippen molar-refractivity contribution in [2.24, 2.45) is 16.7 Å². The van der Waals surface area contributed by atoms with Crippen molar-refractivity contribution >= 4 is 5.90 Å². The SMILES string of the molecule is N#CC1(C#N)C(c2ccncc2)OC23CCCCCCC2C1(C#N)C(=N)O3. The van der Waals surface area contributed by atoms with Gasteiger partial charge in [-0.25, -0.2) is 0 Å². The first kappa shape index (κ1) is 17.5. The fourth-order valence-electron chi connectivity index (χ4n) is 5.05. The lowest BCUT2D eigenvalue weighted by Crippen LogP contribution is -2.59. The fraction of sp³-hybridized carbons (Fsp3) is 0.550. The average Bonchev–Trinajstić information content (AvgIpc) is 2.86. The van der Waals surface area contributed by atoms with E-state index < -0.39 is 28.6 Å². The highest BCUT2D eigenvalue weighted by atomic mass is 16.7. The Kier molecular flexibility index (Phi) is 3.91. The monoisotopic (exact) mass is 361 g/mol. The molecule has 27 heavy (non-hydrogen) atoms. The molecule has 3 heterocycles. The first-order valence-corrected chi connectivity index (χ1v) is 9.20. The molecule has 7 nitrogen and oxygen atoms in total. The highest BCUT2D eigenvalue weighted by molar-refractivity contribution is 5.89. The highest BCUT2D eigenvalue weighted by Crippen LogP contribution is 2.68. The van der Waals surface area contributed by atoms with Gasteiger partial charge in [-0.3, -0.25) is 10.4 Å². The fourth-order valence-corrected chi connectivity index (χ4v) is 5.05. The van der Waals surface area contributed by atoms with Crippen LogP contribution in [0.25, 0.3) is 0 Å². The topological polar surface area (TPSA) is 127 Å². The van der Waals surface area contributed by atoms with E-state index in [9.17, 15) is 15.8 Å². The predicted octanol–water partition coefficient (Wildman–Crippen LogP) is 3.37. The molecule has 0 radical (unpaired) electrons. The molecular weight excluding hydrogens is 342 g/mol. The largest absolute Gasteiger partial charge is 0.447 e. The summed E-state index contributed by atoms with van der Waals surface area (Å²) in [5, 5.41) is 39.1. The molecule has 1 aromatic heterocycles. The van der Waals surface area contributed by atoms with E-state index in [0.29, 0.717) is 18.4 Å². The number of rotatable bonds is 1. The summed E-state index contributed by atoms with van der Waals surface area (Å²) in [6.45, 7) is 0. The summed E-state index contributed by atoms with van der Waals surface area (Å²) in [4.78, 5) is 3.99. The van der Waals surface area contributed by atoms with Crippen LogP contribution in [0.15, 0.2) is 24.5 Å². The van der Waals surface area contributed by atoms with Crippen molar-refractivity contribution in [3.8, 4) is 18.2 Å². The van der Waals surface area contributed by atoms with Gasteiger partial charge in [0.1, 0.15) is 6.10 Å². The van der Waals surface area contributed by atoms with Gasteiger partial charge < -0.3 is 9.47 Å².